The summed E-state index contributed by atoms with van der Waals surface area (Å²) >= 11 is 5.98. The molecule has 0 saturated heterocycles. The molecule has 0 radical (unpaired) electrons. The molecular weight excluding hydrogens is 700 g/mol. The van der Waals surface area contributed by atoms with Gasteiger partial charge in [-0.25, -0.2) is 19.2 Å². The Morgan fingerprint density at radius 3 is 1.43 bits per heavy atom. The van der Waals surface area contributed by atoms with Crippen molar-refractivity contribution < 1.29 is 78.2 Å². The van der Waals surface area contributed by atoms with E-state index in [4.69, 9.17) is 30.5 Å². The summed E-state index contributed by atoms with van der Waals surface area (Å²) in [5.41, 5.74) is -0.457. The lowest BCUT2D eigenvalue weighted by Crippen LogP contribution is -2.07. The molecule has 51 heavy (non-hydrogen) atoms. The summed E-state index contributed by atoms with van der Waals surface area (Å²) in [6, 6.07) is 8.81. The number of hydrogen-bond acceptors (Lipinski definition) is 14. The van der Waals surface area contributed by atoms with Gasteiger partial charge < -0.3 is 59.1 Å². The van der Waals surface area contributed by atoms with E-state index >= 15 is 0 Å². The van der Waals surface area contributed by atoms with E-state index in [2.05, 4.69) is 9.47 Å². The number of aryl methyl sites for hydroxylation is 2. The fourth-order valence-corrected chi connectivity index (χ4v) is 4.69. The number of carboxylic acid groups (broad SMARTS) is 2. The van der Waals surface area contributed by atoms with Crippen molar-refractivity contribution in [3.05, 3.63) is 80.9 Å². The highest BCUT2D eigenvalue weighted by Gasteiger charge is 2.28. The number of methoxy groups -OCH3 is 4. The molecule has 17 heteroatoms. The van der Waals surface area contributed by atoms with E-state index in [1.165, 1.54) is 56.7 Å². The molecule has 0 heterocycles. The summed E-state index contributed by atoms with van der Waals surface area (Å²) in [4.78, 5) is 46.8. The number of carboxylic acids is 2. The molecule has 0 aliphatic carbocycles. The van der Waals surface area contributed by atoms with Gasteiger partial charge in [0.05, 0.1) is 28.4 Å². The Morgan fingerprint density at radius 2 is 1.02 bits per heavy atom. The molecule has 0 fully saturated rings. The highest BCUT2D eigenvalue weighted by atomic mass is 35.5. The zero-order valence-corrected chi connectivity index (χ0v) is 28.4. The molecule has 0 bridgehead atoms. The van der Waals surface area contributed by atoms with Crippen LogP contribution >= 0.6 is 11.6 Å². The second-order valence-electron chi connectivity index (χ2n) is 10.3. The molecule has 0 unspecified atom stereocenters. The molecule has 0 aliphatic rings. The van der Waals surface area contributed by atoms with Gasteiger partial charge in [0.1, 0.15) is 61.8 Å². The van der Waals surface area contributed by atoms with Gasteiger partial charge in [-0.1, -0.05) is 11.6 Å². The first-order valence-electron chi connectivity index (χ1n) is 14.2. The summed E-state index contributed by atoms with van der Waals surface area (Å²) in [5, 5.41) is 58.6. The number of aromatic hydroxyl groups is 4. The predicted molar refractivity (Wildman–Crippen MR) is 177 cm³/mol. The van der Waals surface area contributed by atoms with E-state index < -0.39 is 63.8 Å². The van der Waals surface area contributed by atoms with E-state index in [1.807, 2.05) is 0 Å². The summed E-state index contributed by atoms with van der Waals surface area (Å²) in [7, 11) is 4.89. The third-order valence-corrected chi connectivity index (χ3v) is 7.14. The molecule has 4 rings (SSSR count). The average Bonchev–Trinajstić information content (AvgIpc) is 3.06. The van der Waals surface area contributed by atoms with Crippen molar-refractivity contribution >= 4 is 35.5 Å². The maximum atomic E-state index is 12.0. The number of rotatable bonds is 10. The monoisotopic (exact) mass is 730 g/mol. The number of phenols is 4. The van der Waals surface area contributed by atoms with E-state index in [1.54, 1.807) is 13.8 Å². The number of phenolic OH excluding ortho intramolecular Hbond substituents is 2. The van der Waals surface area contributed by atoms with Crippen molar-refractivity contribution in [3.63, 3.8) is 0 Å². The molecule has 0 aliphatic heterocycles. The Morgan fingerprint density at radius 1 is 0.569 bits per heavy atom. The largest absolute Gasteiger partial charge is 0.507 e. The van der Waals surface area contributed by atoms with Crippen LogP contribution in [-0.2, 0) is 9.47 Å². The van der Waals surface area contributed by atoms with Crippen LogP contribution in [0.1, 0.15) is 52.6 Å². The fraction of sp³-hybridized carbons (Fsp3) is 0.176. The standard InChI is InChI=1S/C17H15ClO8.C17H16O8/c1-7-4-9(19)12(16(21)22)10(5-7)26-15-8(17(23)25-3)6-11(24-2)13(18)14(15)20;1-8-4-11(18)14(16(20)21)13(5-8)25-15-10(17(22)24-3)6-9(23-2)7-12(15)19/h4-6,19-20H,1-3H3,(H,21,22);4-7,18-19H,1-3H3,(H,20,21). The van der Waals surface area contributed by atoms with Gasteiger partial charge in [0.2, 0.25) is 0 Å². The van der Waals surface area contributed by atoms with Crippen molar-refractivity contribution in [2.45, 2.75) is 13.8 Å². The highest BCUT2D eigenvalue weighted by molar-refractivity contribution is 6.34. The molecule has 4 aromatic rings. The maximum absolute atomic E-state index is 12.0. The summed E-state index contributed by atoms with van der Waals surface area (Å²) in [6.45, 7) is 3.22. The minimum absolute atomic E-state index is 0.0116. The average molecular weight is 731 g/mol. The smallest absolute Gasteiger partial charge is 0.343 e. The number of ether oxygens (including phenoxy) is 6. The number of hydrogen-bond donors (Lipinski definition) is 6. The second kappa shape index (κ2) is 16.2. The van der Waals surface area contributed by atoms with Gasteiger partial charge in [0.15, 0.2) is 23.0 Å². The third-order valence-electron chi connectivity index (χ3n) is 6.77. The summed E-state index contributed by atoms with van der Waals surface area (Å²) in [5.74, 6) is -7.86. The first-order valence-corrected chi connectivity index (χ1v) is 14.5. The number of aromatic carboxylic acids is 2. The number of halogens is 1. The number of benzene rings is 4. The van der Waals surface area contributed by atoms with Gasteiger partial charge in [0, 0.05) is 12.1 Å². The molecule has 0 spiro atoms. The minimum Gasteiger partial charge on any atom is -0.507 e. The molecule has 4 aromatic carbocycles. The quantitative estimate of drug-likeness (QED) is 0.102. The maximum Gasteiger partial charge on any atom is 0.343 e. The van der Waals surface area contributed by atoms with Gasteiger partial charge in [-0.2, -0.15) is 0 Å². The Balaban J connectivity index is 0.000000276. The predicted octanol–water partition coefficient (Wildman–Crippen LogP) is 6.04. The van der Waals surface area contributed by atoms with Crippen LogP contribution in [-0.4, -0.2) is 83.0 Å². The minimum atomic E-state index is -1.46. The molecule has 0 amide bonds. The molecular formula is C34H31ClO16. The van der Waals surface area contributed by atoms with Crippen LogP contribution < -0.4 is 18.9 Å². The number of carbonyl (C=O) groups is 4. The van der Waals surface area contributed by atoms with E-state index in [9.17, 15) is 49.8 Å². The van der Waals surface area contributed by atoms with Crippen LogP contribution in [0.15, 0.2) is 42.5 Å². The van der Waals surface area contributed by atoms with Gasteiger partial charge in [-0.3, -0.25) is 0 Å². The van der Waals surface area contributed by atoms with Crippen molar-refractivity contribution in [1.82, 2.24) is 0 Å². The zero-order chi connectivity index (χ0) is 38.3. The first kappa shape index (κ1) is 38.9. The Hall–Kier alpha value is -6.55. The van der Waals surface area contributed by atoms with Crippen LogP contribution in [0.25, 0.3) is 0 Å². The second-order valence-corrected chi connectivity index (χ2v) is 10.6. The van der Waals surface area contributed by atoms with Crippen LogP contribution in [0.3, 0.4) is 0 Å². The van der Waals surface area contributed by atoms with Crippen LogP contribution in [0.4, 0.5) is 0 Å². The van der Waals surface area contributed by atoms with Gasteiger partial charge >= 0.3 is 23.9 Å². The van der Waals surface area contributed by atoms with Crippen LogP contribution in [0.5, 0.6) is 57.5 Å². The van der Waals surface area contributed by atoms with Crippen molar-refractivity contribution in [3.8, 4) is 57.5 Å². The fourth-order valence-electron chi connectivity index (χ4n) is 4.47. The molecule has 0 saturated carbocycles. The van der Waals surface area contributed by atoms with Crippen molar-refractivity contribution in [2.24, 2.45) is 0 Å². The van der Waals surface area contributed by atoms with E-state index in [0.29, 0.717) is 11.1 Å². The Bertz CT molecular complexity index is 2020. The molecule has 0 aromatic heterocycles. The summed E-state index contributed by atoms with van der Waals surface area (Å²) < 4.78 is 30.2. The van der Waals surface area contributed by atoms with Gasteiger partial charge in [-0.15, -0.1) is 0 Å². The Labute approximate surface area is 294 Å². The number of carbonyl (C=O) groups excluding carboxylic acids is 2. The first-order chi connectivity index (χ1) is 24.0. The molecule has 0 atom stereocenters. The normalized spacial score (nSPS) is 10.3. The Kier molecular flexibility index (Phi) is 12.4. The lowest BCUT2D eigenvalue weighted by atomic mass is 10.1. The number of esters is 2. The topological polar surface area (TPSA) is 245 Å². The van der Waals surface area contributed by atoms with E-state index in [0.717, 1.165) is 14.2 Å². The molecule has 6 N–H and O–H groups in total. The lowest BCUT2D eigenvalue weighted by Gasteiger charge is -2.17. The van der Waals surface area contributed by atoms with Crippen molar-refractivity contribution in [1.29, 1.82) is 0 Å². The van der Waals surface area contributed by atoms with Crippen LogP contribution in [0.2, 0.25) is 5.02 Å². The zero-order valence-electron chi connectivity index (χ0n) is 27.7. The van der Waals surface area contributed by atoms with Gasteiger partial charge in [-0.05, 0) is 55.3 Å². The third kappa shape index (κ3) is 8.55. The SMILES string of the molecule is COC(=O)c1cc(OC)c(Cl)c(O)c1Oc1cc(C)cc(O)c1C(=O)O.COC(=O)c1cc(OC)cc(O)c1Oc1cc(C)cc(O)c1C(=O)O. The molecule has 270 valence electrons. The molecule has 16 nitrogen and oxygen atoms in total. The van der Waals surface area contributed by atoms with Crippen LogP contribution in [0, 0.1) is 13.8 Å². The van der Waals surface area contributed by atoms with Gasteiger partial charge in [0.25, 0.3) is 0 Å². The highest BCUT2D eigenvalue weighted by Crippen LogP contribution is 2.47. The van der Waals surface area contributed by atoms with Crippen molar-refractivity contribution in [2.75, 3.05) is 28.4 Å². The van der Waals surface area contributed by atoms with E-state index in [-0.39, 0.29) is 44.9 Å². The lowest BCUT2D eigenvalue weighted by molar-refractivity contribution is 0.0587. The summed E-state index contributed by atoms with van der Waals surface area (Å²) in [6.07, 6.45) is 0.